The summed E-state index contributed by atoms with van der Waals surface area (Å²) in [5.41, 5.74) is 8.48. The van der Waals surface area contributed by atoms with Gasteiger partial charge < -0.3 is 15.0 Å². The number of hydrogen-bond donors (Lipinski definition) is 1. The average Bonchev–Trinajstić information content (AvgIpc) is 2.77. The number of nitrogens with zero attached hydrogens (tertiary/aromatic N) is 1. The zero-order chi connectivity index (χ0) is 15.4. The van der Waals surface area contributed by atoms with Gasteiger partial charge in [0.05, 0.1) is 11.3 Å². The van der Waals surface area contributed by atoms with E-state index in [9.17, 15) is 4.39 Å². The van der Waals surface area contributed by atoms with E-state index in [-0.39, 0.29) is 11.9 Å². The Balaban J connectivity index is 2.15. The first-order valence-electron chi connectivity index (χ1n) is 7.09. The third-order valence-electron chi connectivity index (χ3n) is 3.58. The molecule has 1 unspecified atom stereocenters. The van der Waals surface area contributed by atoms with Crippen LogP contribution >= 0.6 is 0 Å². The zero-order valence-corrected chi connectivity index (χ0v) is 12.6. The maximum Gasteiger partial charge on any atom is 0.140 e. The Morgan fingerprint density at radius 2 is 2.14 bits per heavy atom. The van der Waals surface area contributed by atoms with E-state index in [1.165, 1.54) is 12.1 Å². The second kappa shape index (κ2) is 6.72. The van der Waals surface area contributed by atoms with Crippen LogP contribution in [-0.4, -0.2) is 11.2 Å². The molecule has 0 fully saturated rings. The molecule has 1 aromatic heterocycles. The molecule has 0 radical (unpaired) electrons. The maximum absolute atomic E-state index is 13.4. The molecule has 1 aromatic carbocycles. The van der Waals surface area contributed by atoms with Crippen molar-refractivity contribution in [3.05, 3.63) is 46.6 Å². The van der Waals surface area contributed by atoms with Crippen LogP contribution in [-0.2, 0) is 13.0 Å². The summed E-state index contributed by atoms with van der Waals surface area (Å²) in [6.45, 7) is 6.07. The Bertz CT molecular complexity index is 591. The van der Waals surface area contributed by atoms with E-state index in [2.05, 4.69) is 5.16 Å². The van der Waals surface area contributed by atoms with Crippen molar-refractivity contribution in [2.45, 2.75) is 46.3 Å². The van der Waals surface area contributed by atoms with Crippen LogP contribution in [0.15, 0.2) is 22.7 Å². The standard InChI is InChI=1S/C16H21FN2O2/c1-4-14(18)8-12-7-13(17)5-6-16(12)20-9-15-10(2)19-21-11(15)3/h5-7,14H,4,8-9,18H2,1-3H3. The van der Waals surface area contributed by atoms with Gasteiger partial charge >= 0.3 is 0 Å². The van der Waals surface area contributed by atoms with Crippen LogP contribution in [0.5, 0.6) is 5.75 Å². The molecule has 1 atom stereocenters. The zero-order valence-electron chi connectivity index (χ0n) is 12.6. The number of rotatable bonds is 6. The molecule has 0 spiro atoms. The van der Waals surface area contributed by atoms with Gasteiger partial charge in [0.1, 0.15) is 23.9 Å². The Morgan fingerprint density at radius 3 is 2.76 bits per heavy atom. The molecule has 2 N–H and O–H groups in total. The van der Waals surface area contributed by atoms with E-state index in [4.69, 9.17) is 15.0 Å². The van der Waals surface area contributed by atoms with Crippen LogP contribution in [0.25, 0.3) is 0 Å². The monoisotopic (exact) mass is 292 g/mol. The first-order chi connectivity index (χ1) is 10.0. The summed E-state index contributed by atoms with van der Waals surface area (Å²) in [4.78, 5) is 0. The molecule has 0 bridgehead atoms. The average molecular weight is 292 g/mol. The third kappa shape index (κ3) is 3.82. The van der Waals surface area contributed by atoms with Crippen LogP contribution in [0, 0.1) is 19.7 Å². The van der Waals surface area contributed by atoms with Crippen molar-refractivity contribution in [2.75, 3.05) is 0 Å². The number of halogens is 1. The van der Waals surface area contributed by atoms with Crippen LogP contribution in [0.3, 0.4) is 0 Å². The molecular formula is C16H21FN2O2. The smallest absolute Gasteiger partial charge is 0.140 e. The fraction of sp³-hybridized carbons (Fsp3) is 0.438. The predicted molar refractivity (Wildman–Crippen MR) is 78.7 cm³/mol. The van der Waals surface area contributed by atoms with Crippen molar-refractivity contribution in [1.82, 2.24) is 5.16 Å². The quantitative estimate of drug-likeness (QED) is 0.887. The van der Waals surface area contributed by atoms with Crippen molar-refractivity contribution >= 4 is 0 Å². The summed E-state index contributed by atoms with van der Waals surface area (Å²) in [6, 6.07) is 4.51. The van der Waals surface area contributed by atoms with Gasteiger partial charge in [0.2, 0.25) is 0 Å². The topological polar surface area (TPSA) is 61.3 Å². The second-order valence-corrected chi connectivity index (χ2v) is 5.22. The largest absolute Gasteiger partial charge is 0.488 e. The highest BCUT2D eigenvalue weighted by molar-refractivity contribution is 5.35. The summed E-state index contributed by atoms with van der Waals surface area (Å²) in [5.74, 6) is 1.11. The number of ether oxygens (including phenoxy) is 1. The number of benzene rings is 1. The van der Waals surface area contributed by atoms with Gasteiger partial charge in [0.25, 0.3) is 0 Å². The van der Waals surface area contributed by atoms with Crippen LogP contribution in [0.2, 0.25) is 0 Å². The Morgan fingerprint density at radius 1 is 1.38 bits per heavy atom. The summed E-state index contributed by atoms with van der Waals surface area (Å²) < 4.78 is 24.3. The van der Waals surface area contributed by atoms with Gasteiger partial charge in [0.15, 0.2) is 0 Å². The van der Waals surface area contributed by atoms with Crippen molar-refractivity contribution in [1.29, 1.82) is 0 Å². The van der Waals surface area contributed by atoms with Crippen molar-refractivity contribution in [3.63, 3.8) is 0 Å². The van der Waals surface area contributed by atoms with Crippen molar-refractivity contribution in [2.24, 2.45) is 5.73 Å². The molecule has 114 valence electrons. The van der Waals surface area contributed by atoms with E-state index >= 15 is 0 Å². The number of aromatic nitrogens is 1. The predicted octanol–water partition coefficient (Wildman–Crippen LogP) is 3.29. The highest BCUT2D eigenvalue weighted by atomic mass is 19.1. The van der Waals surface area contributed by atoms with Gasteiger partial charge in [0, 0.05) is 6.04 Å². The molecule has 0 amide bonds. The molecule has 0 aliphatic heterocycles. The first kappa shape index (κ1) is 15.5. The SMILES string of the molecule is CCC(N)Cc1cc(F)ccc1OCc1c(C)noc1C. The molecular weight excluding hydrogens is 271 g/mol. The minimum atomic E-state index is -0.280. The molecule has 2 aromatic rings. The normalized spacial score (nSPS) is 12.4. The molecule has 0 aliphatic rings. The minimum Gasteiger partial charge on any atom is -0.488 e. The number of nitrogens with two attached hydrogens (primary N) is 1. The van der Waals surface area contributed by atoms with Gasteiger partial charge in [-0.15, -0.1) is 0 Å². The van der Waals surface area contributed by atoms with Gasteiger partial charge in [-0.2, -0.15) is 0 Å². The van der Waals surface area contributed by atoms with Crippen LogP contribution in [0.4, 0.5) is 4.39 Å². The molecule has 0 saturated carbocycles. The Hall–Kier alpha value is -1.88. The van der Waals surface area contributed by atoms with Gasteiger partial charge in [-0.25, -0.2) is 4.39 Å². The van der Waals surface area contributed by atoms with Crippen molar-refractivity contribution in [3.8, 4) is 5.75 Å². The number of aryl methyl sites for hydroxylation is 2. The van der Waals surface area contributed by atoms with E-state index in [0.29, 0.717) is 18.8 Å². The molecule has 0 aliphatic carbocycles. The minimum absolute atomic E-state index is 0.00628. The fourth-order valence-corrected chi connectivity index (χ4v) is 2.13. The lowest BCUT2D eigenvalue weighted by Crippen LogP contribution is -2.21. The summed E-state index contributed by atoms with van der Waals surface area (Å²) in [7, 11) is 0. The highest BCUT2D eigenvalue weighted by Crippen LogP contribution is 2.24. The van der Waals surface area contributed by atoms with Gasteiger partial charge in [-0.1, -0.05) is 12.1 Å². The molecule has 1 heterocycles. The van der Waals surface area contributed by atoms with E-state index in [0.717, 1.165) is 29.0 Å². The Labute approximate surface area is 124 Å². The summed E-state index contributed by atoms with van der Waals surface area (Å²) >= 11 is 0. The number of hydrogen-bond acceptors (Lipinski definition) is 4. The fourth-order valence-electron chi connectivity index (χ4n) is 2.13. The maximum atomic E-state index is 13.4. The van der Waals surface area contributed by atoms with Crippen LogP contribution in [0.1, 0.15) is 35.9 Å². The lowest BCUT2D eigenvalue weighted by atomic mass is 10.0. The van der Waals surface area contributed by atoms with Crippen LogP contribution < -0.4 is 10.5 Å². The second-order valence-electron chi connectivity index (χ2n) is 5.22. The lowest BCUT2D eigenvalue weighted by Gasteiger charge is -2.14. The molecule has 5 heteroatoms. The van der Waals surface area contributed by atoms with E-state index in [1.54, 1.807) is 6.07 Å². The highest BCUT2D eigenvalue weighted by Gasteiger charge is 2.13. The van der Waals surface area contributed by atoms with Crippen molar-refractivity contribution < 1.29 is 13.7 Å². The summed E-state index contributed by atoms with van der Waals surface area (Å²) in [5, 5.41) is 3.89. The molecule has 0 saturated heterocycles. The lowest BCUT2D eigenvalue weighted by molar-refractivity contribution is 0.297. The molecule has 21 heavy (non-hydrogen) atoms. The van der Waals surface area contributed by atoms with Gasteiger partial charge in [-0.05, 0) is 50.5 Å². The third-order valence-corrected chi connectivity index (χ3v) is 3.58. The molecule has 2 rings (SSSR count). The first-order valence-corrected chi connectivity index (χ1v) is 7.09. The van der Waals surface area contributed by atoms with E-state index < -0.39 is 0 Å². The summed E-state index contributed by atoms with van der Waals surface area (Å²) in [6.07, 6.45) is 1.42. The van der Waals surface area contributed by atoms with E-state index in [1.807, 2.05) is 20.8 Å². The molecule has 4 nitrogen and oxygen atoms in total. The Kier molecular flexibility index (Phi) is 4.96. The van der Waals surface area contributed by atoms with Gasteiger partial charge in [-0.3, -0.25) is 0 Å².